The number of aliphatic hydroxyl groups excluding tert-OH is 1. The summed E-state index contributed by atoms with van der Waals surface area (Å²) in [7, 11) is 0. The molecule has 0 bridgehead atoms. The molecule has 0 spiro atoms. The van der Waals surface area contributed by atoms with E-state index in [-0.39, 0.29) is 12.0 Å². The summed E-state index contributed by atoms with van der Waals surface area (Å²) in [6.45, 7) is 2.14. The van der Waals surface area contributed by atoms with Crippen LogP contribution >= 0.6 is 0 Å². The van der Waals surface area contributed by atoms with Crippen molar-refractivity contribution in [3.63, 3.8) is 0 Å². The molecule has 2 heteroatoms. The van der Waals surface area contributed by atoms with E-state index in [0.29, 0.717) is 5.75 Å². The first-order valence-electron chi connectivity index (χ1n) is 4.59. The second kappa shape index (κ2) is 2.74. The lowest BCUT2D eigenvalue weighted by Crippen LogP contribution is -2.12. The maximum Gasteiger partial charge on any atom is 0.119 e. The summed E-state index contributed by atoms with van der Waals surface area (Å²) in [5.41, 5.74) is 1.92. The van der Waals surface area contributed by atoms with Gasteiger partial charge in [-0.3, -0.25) is 0 Å². The van der Waals surface area contributed by atoms with Crippen molar-refractivity contribution in [2.24, 2.45) is 0 Å². The molecule has 70 valence electrons. The first-order chi connectivity index (χ1) is 6.18. The van der Waals surface area contributed by atoms with E-state index in [0.717, 1.165) is 24.0 Å². The van der Waals surface area contributed by atoms with Crippen molar-refractivity contribution < 1.29 is 10.2 Å². The molecule has 2 N–H and O–H groups in total. The average Bonchev–Trinajstić information content (AvgIpc) is 2.90. The lowest BCUT2D eigenvalue weighted by atomic mass is 9.94. The van der Waals surface area contributed by atoms with Crippen molar-refractivity contribution >= 4 is 0 Å². The van der Waals surface area contributed by atoms with Crippen LogP contribution in [-0.2, 0) is 5.41 Å². The van der Waals surface area contributed by atoms with Gasteiger partial charge in [0.2, 0.25) is 0 Å². The van der Waals surface area contributed by atoms with Crippen molar-refractivity contribution in [3.05, 3.63) is 29.3 Å². The molecule has 0 atom stereocenters. The molecule has 1 aromatic carbocycles. The van der Waals surface area contributed by atoms with Crippen LogP contribution < -0.4 is 0 Å². The molecule has 0 aliphatic heterocycles. The van der Waals surface area contributed by atoms with Gasteiger partial charge in [-0.2, -0.15) is 0 Å². The molecule has 1 aliphatic carbocycles. The Kier molecular flexibility index (Phi) is 1.81. The topological polar surface area (TPSA) is 40.5 Å². The van der Waals surface area contributed by atoms with Crippen LogP contribution in [0.5, 0.6) is 5.75 Å². The third kappa shape index (κ3) is 1.31. The molecule has 0 amide bonds. The maximum absolute atomic E-state index is 9.63. The number of aromatic hydroxyl groups is 1. The van der Waals surface area contributed by atoms with E-state index >= 15 is 0 Å². The van der Waals surface area contributed by atoms with Crippen molar-refractivity contribution in [2.45, 2.75) is 25.2 Å². The number of hydrogen-bond donors (Lipinski definition) is 2. The van der Waals surface area contributed by atoms with Gasteiger partial charge in [0.25, 0.3) is 0 Å². The van der Waals surface area contributed by atoms with E-state index in [1.165, 1.54) is 0 Å². The third-order valence-electron chi connectivity index (χ3n) is 2.88. The van der Waals surface area contributed by atoms with Gasteiger partial charge >= 0.3 is 0 Å². The van der Waals surface area contributed by atoms with E-state index in [1.807, 2.05) is 19.1 Å². The lowest BCUT2D eigenvalue weighted by Gasteiger charge is -2.14. The molecular weight excluding hydrogens is 164 g/mol. The zero-order valence-corrected chi connectivity index (χ0v) is 7.75. The van der Waals surface area contributed by atoms with Crippen molar-refractivity contribution in [3.8, 4) is 5.75 Å². The summed E-state index contributed by atoms with van der Waals surface area (Å²) in [4.78, 5) is 0. The highest BCUT2D eigenvalue weighted by Crippen LogP contribution is 2.50. The Labute approximate surface area is 77.8 Å². The van der Waals surface area contributed by atoms with Gasteiger partial charge in [0.1, 0.15) is 5.75 Å². The third-order valence-corrected chi connectivity index (χ3v) is 2.88. The fourth-order valence-electron chi connectivity index (χ4n) is 1.74. The average molecular weight is 178 g/mol. The molecule has 0 radical (unpaired) electrons. The van der Waals surface area contributed by atoms with Gasteiger partial charge in [0.05, 0.1) is 6.61 Å². The number of rotatable bonds is 2. The quantitative estimate of drug-likeness (QED) is 0.724. The van der Waals surface area contributed by atoms with Crippen molar-refractivity contribution in [2.75, 3.05) is 6.61 Å². The normalized spacial score (nSPS) is 18.6. The number of aliphatic hydroxyl groups is 1. The SMILES string of the molecule is Cc1ccc(O)c(C2(CO)CC2)c1. The molecular formula is C11H14O2. The lowest BCUT2D eigenvalue weighted by molar-refractivity contribution is 0.252. The first kappa shape index (κ1) is 8.57. The minimum atomic E-state index is -0.129. The van der Waals surface area contributed by atoms with Gasteiger partial charge in [-0.25, -0.2) is 0 Å². The van der Waals surface area contributed by atoms with Gasteiger partial charge in [0, 0.05) is 11.0 Å². The highest BCUT2D eigenvalue weighted by Gasteiger charge is 2.45. The number of phenols is 1. The number of phenolic OH excluding ortho intramolecular Hbond substituents is 1. The molecule has 2 nitrogen and oxygen atoms in total. The zero-order valence-electron chi connectivity index (χ0n) is 7.75. The predicted molar refractivity (Wildman–Crippen MR) is 50.8 cm³/mol. The van der Waals surface area contributed by atoms with Gasteiger partial charge in [-0.15, -0.1) is 0 Å². The Morgan fingerprint density at radius 2 is 2.08 bits per heavy atom. The standard InChI is InChI=1S/C11H14O2/c1-8-2-3-10(13)9(6-8)11(7-12)4-5-11/h2-3,6,12-13H,4-5,7H2,1H3. The summed E-state index contributed by atoms with van der Waals surface area (Å²) in [6.07, 6.45) is 1.97. The first-order valence-corrected chi connectivity index (χ1v) is 4.59. The van der Waals surface area contributed by atoms with Crippen LogP contribution in [0, 0.1) is 6.92 Å². The van der Waals surface area contributed by atoms with Crippen LogP contribution in [-0.4, -0.2) is 16.8 Å². The Hall–Kier alpha value is -1.02. The Morgan fingerprint density at radius 1 is 1.38 bits per heavy atom. The largest absolute Gasteiger partial charge is 0.508 e. The number of benzene rings is 1. The molecule has 0 unspecified atom stereocenters. The van der Waals surface area contributed by atoms with Crippen molar-refractivity contribution in [1.29, 1.82) is 0 Å². The van der Waals surface area contributed by atoms with E-state index in [9.17, 15) is 10.2 Å². The summed E-state index contributed by atoms with van der Waals surface area (Å²) in [5, 5.41) is 18.8. The number of hydrogen-bond acceptors (Lipinski definition) is 2. The summed E-state index contributed by atoms with van der Waals surface area (Å²) in [5.74, 6) is 0.317. The molecule has 1 saturated carbocycles. The van der Waals surface area contributed by atoms with Gasteiger partial charge in [-0.1, -0.05) is 17.7 Å². The smallest absolute Gasteiger partial charge is 0.119 e. The summed E-state index contributed by atoms with van der Waals surface area (Å²) < 4.78 is 0. The summed E-state index contributed by atoms with van der Waals surface area (Å²) >= 11 is 0. The van der Waals surface area contributed by atoms with Gasteiger partial charge in [-0.05, 0) is 25.8 Å². The fraction of sp³-hybridized carbons (Fsp3) is 0.455. The number of aryl methyl sites for hydroxylation is 1. The minimum absolute atomic E-state index is 0.129. The molecule has 1 aromatic rings. The molecule has 1 aliphatic rings. The van der Waals surface area contributed by atoms with Crippen LogP contribution in [0.2, 0.25) is 0 Å². The van der Waals surface area contributed by atoms with E-state index in [1.54, 1.807) is 6.07 Å². The van der Waals surface area contributed by atoms with Gasteiger partial charge in [0.15, 0.2) is 0 Å². The Morgan fingerprint density at radius 3 is 2.62 bits per heavy atom. The minimum Gasteiger partial charge on any atom is -0.508 e. The van der Waals surface area contributed by atoms with Crippen LogP contribution in [0.1, 0.15) is 24.0 Å². The maximum atomic E-state index is 9.63. The molecule has 13 heavy (non-hydrogen) atoms. The monoisotopic (exact) mass is 178 g/mol. The second-order valence-electron chi connectivity index (χ2n) is 3.96. The van der Waals surface area contributed by atoms with Gasteiger partial charge < -0.3 is 10.2 Å². The van der Waals surface area contributed by atoms with Crippen molar-refractivity contribution in [1.82, 2.24) is 0 Å². The molecule has 0 heterocycles. The van der Waals surface area contributed by atoms with E-state index < -0.39 is 0 Å². The van der Waals surface area contributed by atoms with E-state index in [4.69, 9.17) is 0 Å². The molecule has 0 saturated heterocycles. The Bertz CT molecular complexity index is 327. The summed E-state index contributed by atoms with van der Waals surface area (Å²) in [6, 6.07) is 5.56. The fourth-order valence-corrected chi connectivity index (χ4v) is 1.74. The van der Waals surface area contributed by atoms with Crippen LogP contribution in [0.15, 0.2) is 18.2 Å². The highest BCUT2D eigenvalue weighted by molar-refractivity contribution is 5.44. The molecule has 0 aromatic heterocycles. The highest BCUT2D eigenvalue weighted by atomic mass is 16.3. The van der Waals surface area contributed by atoms with E-state index in [2.05, 4.69) is 0 Å². The molecule has 2 rings (SSSR count). The Balaban J connectivity index is 2.44. The van der Waals surface area contributed by atoms with Crippen LogP contribution in [0.25, 0.3) is 0 Å². The van der Waals surface area contributed by atoms with Crippen LogP contribution in [0.4, 0.5) is 0 Å². The predicted octanol–water partition coefficient (Wildman–Crippen LogP) is 1.72. The second-order valence-corrected chi connectivity index (χ2v) is 3.96. The molecule has 1 fully saturated rings. The zero-order chi connectivity index (χ0) is 9.47. The van der Waals surface area contributed by atoms with Crippen LogP contribution in [0.3, 0.4) is 0 Å².